The van der Waals surface area contributed by atoms with Gasteiger partial charge < -0.3 is 10.3 Å². The molecular weight excluding hydrogens is 226 g/mol. The summed E-state index contributed by atoms with van der Waals surface area (Å²) in [6, 6.07) is 8.03. The van der Waals surface area contributed by atoms with Crippen molar-refractivity contribution in [2.24, 2.45) is 0 Å². The second kappa shape index (κ2) is 3.91. The van der Waals surface area contributed by atoms with E-state index >= 15 is 0 Å². The van der Waals surface area contributed by atoms with E-state index in [1.807, 2.05) is 18.2 Å². The summed E-state index contributed by atoms with van der Waals surface area (Å²) in [5.41, 5.74) is 2.10. The first-order chi connectivity index (χ1) is 8.72. The lowest BCUT2D eigenvalue weighted by atomic mass is 10.2. The van der Waals surface area contributed by atoms with Crippen molar-refractivity contribution >= 4 is 28.8 Å². The highest BCUT2D eigenvalue weighted by Gasteiger charge is 2.16. The van der Waals surface area contributed by atoms with E-state index in [-0.39, 0.29) is 6.03 Å². The van der Waals surface area contributed by atoms with Crippen molar-refractivity contribution in [3.8, 4) is 0 Å². The maximum absolute atomic E-state index is 11.8. The van der Waals surface area contributed by atoms with E-state index in [1.165, 1.54) is 0 Å². The standard InChI is InChI=1S/C14H15N3O/c1-3-12-13-10(8-15-14(18)17(12)2)9-6-4-5-7-11(9)16-13/h4-8,16H,3H2,1-2H3,(H,15,18). The number of hydrogen-bond acceptors (Lipinski definition) is 1. The number of H-pyrrole nitrogens is 1. The number of rotatable bonds is 1. The number of urea groups is 1. The fourth-order valence-electron chi connectivity index (χ4n) is 2.48. The van der Waals surface area contributed by atoms with Crippen LogP contribution in [0.4, 0.5) is 4.79 Å². The first-order valence-corrected chi connectivity index (χ1v) is 6.06. The molecule has 2 aromatic rings. The molecule has 0 fully saturated rings. The number of aromatic nitrogens is 1. The van der Waals surface area contributed by atoms with Crippen molar-refractivity contribution in [1.82, 2.24) is 15.2 Å². The third kappa shape index (κ3) is 1.42. The largest absolute Gasteiger partial charge is 0.353 e. The van der Waals surface area contributed by atoms with Crippen molar-refractivity contribution < 1.29 is 4.79 Å². The van der Waals surface area contributed by atoms with Crippen LogP contribution in [0, 0.1) is 0 Å². The van der Waals surface area contributed by atoms with Crippen LogP contribution in [0.25, 0.3) is 22.8 Å². The SMILES string of the molecule is CCC1=c2[nH]c3ccccc3c2=CNC(=O)N1C. The predicted octanol–water partition coefficient (Wildman–Crippen LogP) is 1.08. The molecule has 0 atom stereocenters. The Morgan fingerprint density at radius 3 is 2.83 bits per heavy atom. The highest BCUT2D eigenvalue weighted by Crippen LogP contribution is 2.09. The van der Waals surface area contributed by atoms with Crippen molar-refractivity contribution in [2.45, 2.75) is 13.3 Å². The minimum absolute atomic E-state index is 0.0967. The average molecular weight is 241 g/mol. The van der Waals surface area contributed by atoms with Gasteiger partial charge in [0.15, 0.2) is 0 Å². The zero-order chi connectivity index (χ0) is 12.7. The molecule has 1 aliphatic heterocycles. The van der Waals surface area contributed by atoms with Gasteiger partial charge in [0.25, 0.3) is 0 Å². The zero-order valence-electron chi connectivity index (χ0n) is 10.4. The summed E-state index contributed by atoms with van der Waals surface area (Å²) < 4.78 is 0. The van der Waals surface area contributed by atoms with Gasteiger partial charge in [0, 0.05) is 35.1 Å². The molecule has 0 spiro atoms. The van der Waals surface area contributed by atoms with E-state index < -0.39 is 0 Å². The molecule has 0 bridgehead atoms. The van der Waals surface area contributed by atoms with Gasteiger partial charge in [-0.2, -0.15) is 0 Å². The Kier molecular flexibility index (Phi) is 2.37. The van der Waals surface area contributed by atoms with Crippen LogP contribution in [0.15, 0.2) is 24.3 Å². The molecule has 0 aliphatic carbocycles. The number of hydrogen-bond donors (Lipinski definition) is 2. The zero-order valence-corrected chi connectivity index (χ0v) is 10.4. The van der Waals surface area contributed by atoms with Crippen LogP contribution in [0.3, 0.4) is 0 Å². The van der Waals surface area contributed by atoms with Crippen LogP contribution in [0.2, 0.25) is 0 Å². The molecule has 0 saturated heterocycles. The van der Waals surface area contributed by atoms with Crippen LogP contribution >= 0.6 is 0 Å². The van der Waals surface area contributed by atoms with E-state index in [1.54, 1.807) is 18.1 Å². The third-order valence-corrected chi connectivity index (χ3v) is 3.42. The van der Waals surface area contributed by atoms with Gasteiger partial charge in [-0.05, 0) is 12.5 Å². The molecule has 2 amide bonds. The molecule has 4 heteroatoms. The van der Waals surface area contributed by atoms with Crippen LogP contribution in [-0.2, 0) is 0 Å². The maximum Gasteiger partial charge on any atom is 0.325 e. The maximum atomic E-state index is 11.8. The molecule has 0 saturated carbocycles. The van der Waals surface area contributed by atoms with Gasteiger partial charge in [-0.1, -0.05) is 25.1 Å². The van der Waals surface area contributed by atoms with E-state index in [2.05, 4.69) is 23.3 Å². The van der Waals surface area contributed by atoms with Crippen LogP contribution in [0.1, 0.15) is 13.3 Å². The molecular formula is C14H15N3O. The summed E-state index contributed by atoms with van der Waals surface area (Å²) in [4.78, 5) is 16.9. The molecule has 1 aromatic heterocycles. The number of fused-ring (bicyclic) bond motifs is 3. The van der Waals surface area contributed by atoms with Gasteiger partial charge >= 0.3 is 6.03 Å². The number of carbonyl (C=O) groups is 1. The number of aromatic amines is 1. The van der Waals surface area contributed by atoms with Crippen molar-refractivity contribution in [3.63, 3.8) is 0 Å². The van der Waals surface area contributed by atoms with E-state index in [0.717, 1.165) is 33.6 Å². The molecule has 1 aromatic carbocycles. The average Bonchev–Trinajstić information content (AvgIpc) is 2.70. The summed E-state index contributed by atoms with van der Waals surface area (Å²) >= 11 is 0. The molecule has 2 heterocycles. The predicted molar refractivity (Wildman–Crippen MR) is 72.0 cm³/mol. The van der Waals surface area contributed by atoms with Gasteiger partial charge in [0.1, 0.15) is 0 Å². The van der Waals surface area contributed by atoms with Gasteiger partial charge in [-0.15, -0.1) is 0 Å². The lowest BCUT2D eigenvalue weighted by Crippen LogP contribution is -2.34. The lowest BCUT2D eigenvalue weighted by molar-refractivity contribution is 0.228. The highest BCUT2D eigenvalue weighted by atomic mass is 16.2. The minimum atomic E-state index is -0.0967. The fourth-order valence-corrected chi connectivity index (χ4v) is 2.48. The van der Waals surface area contributed by atoms with E-state index in [4.69, 9.17) is 0 Å². The minimum Gasteiger partial charge on any atom is -0.353 e. The van der Waals surface area contributed by atoms with Gasteiger partial charge in [-0.3, -0.25) is 4.90 Å². The molecule has 1 aliphatic rings. The summed E-state index contributed by atoms with van der Waals surface area (Å²) in [6.45, 7) is 2.06. The topological polar surface area (TPSA) is 48.1 Å². The Labute approximate surface area is 105 Å². The Hall–Kier alpha value is -2.23. The second-order valence-corrected chi connectivity index (χ2v) is 4.41. The Morgan fingerprint density at radius 2 is 2.06 bits per heavy atom. The molecule has 3 rings (SSSR count). The number of nitrogens with one attached hydrogen (secondary N) is 2. The number of carbonyl (C=O) groups excluding carboxylic acids is 1. The number of nitrogens with zero attached hydrogens (tertiary/aromatic N) is 1. The Morgan fingerprint density at radius 1 is 1.28 bits per heavy atom. The summed E-state index contributed by atoms with van der Waals surface area (Å²) in [7, 11) is 1.79. The molecule has 92 valence electrons. The number of benzene rings is 1. The van der Waals surface area contributed by atoms with Crippen molar-refractivity contribution in [1.29, 1.82) is 0 Å². The van der Waals surface area contributed by atoms with E-state index in [9.17, 15) is 4.79 Å². The Bertz CT molecular complexity index is 742. The highest BCUT2D eigenvalue weighted by molar-refractivity contribution is 5.89. The quantitative estimate of drug-likeness (QED) is 0.771. The summed E-state index contributed by atoms with van der Waals surface area (Å²) in [5.74, 6) is 0. The van der Waals surface area contributed by atoms with Crippen molar-refractivity contribution in [2.75, 3.05) is 7.05 Å². The monoisotopic (exact) mass is 241 g/mol. The molecule has 2 N–H and O–H groups in total. The molecule has 4 nitrogen and oxygen atoms in total. The Balaban J connectivity index is 2.50. The second-order valence-electron chi connectivity index (χ2n) is 4.41. The summed E-state index contributed by atoms with van der Waals surface area (Å²) in [5, 5.41) is 6.03. The van der Waals surface area contributed by atoms with Crippen LogP contribution in [-0.4, -0.2) is 23.0 Å². The van der Waals surface area contributed by atoms with Gasteiger partial charge in [0.2, 0.25) is 0 Å². The summed E-state index contributed by atoms with van der Waals surface area (Å²) in [6.07, 6.45) is 2.59. The lowest BCUT2D eigenvalue weighted by Gasteiger charge is -2.17. The third-order valence-electron chi connectivity index (χ3n) is 3.42. The van der Waals surface area contributed by atoms with Crippen molar-refractivity contribution in [3.05, 3.63) is 34.8 Å². The van der Waals surface area contributed by atoms with Gasteiger partial charge in [0.05, 0.1) is 5.35 Å². The van der Waals surface area contributed by atoms with Crippen LogP contribution < -0.4 is 15.9 Å². The normalized spacial score (nSPS) is 15.1. The van der Waals surface area contributed by atoms with Crippen LogP contribution in [0.5, 0.6) is 0 Å². The van der Waals surface area contributed by atoms with E-state index in [0.29, 0.717) is 0 Å². The van der Waals surface area contributed by atoms with Gasteiger partial charge in [-0.25, -0.2) is 4.79 Å². The first-order valence-electron chi connectivity index (χ1n) is 6.06. The smallest absolute Gasteiger partial charge is 0.325 e. The molecule has 0 unspecified atom stereocenters. The number of amides is 2. The molecule has 18 heavy (non-hydrogen) atoms. The number of para-hydroxylation sites is 1. The molecule has 0 radical (unpaired) electrons. The first kappa shape index (κ1) is 10.9. The fraction of sp³-hybridized carbons (Fsp3) is 0.214.